The molecule has 0 atom stereocenters. The van der Waals surface area contributed by atoms with Crippen LogP contribution in [0.2, 0.25) is 13.1 Å². The molecule has 8 aromatic rings. The number of benzene rings is 6. The minimum atomic E-state index is -2.06. The van der Waals surface area contributed by atoms with Crippen LogP contribution in [0.4, 0.5) is 11.4 Å². The molecule has 10 rings (SSSR count). The largest absolute Gasteiger partial charge is 0.457 e. The third-order valence-corrected chi connectivity index (χ3v) is 18.3. The van der Waals surface area contributed by atoms with Gasteiger partial charge in [-0.1, -0.05) is 151 Å². The average molecular weight is 787 g/mol. The molecule has 2 aliphatic rings. The van der Waals surface area contributed by atoms with Gasteiger partial charge in [0.25, 0.3) is 0 Å². The Kier molecular flexibility index (Phi) is 8.52. The predicted octanol–water partition coefficient (Wildman–Crippen LogP) is 13.8. The minimum absolute atomic E-state index is 0.000324. The molecule has 0 saturated heterocycles. The van der Waals surface area contributed by atoms with Crippen molar-refractivity contribution in [2.45, 2.75) is 58.2 Å². The SMILES string of the molecule is CC(C)(C)c1ccnc(-n2c3ccccc3c3ccc(Oc4ccc5c(c4)N4CN(c6c(-c7ccccc7)cccc6-c6ccccc6)C=C4[Si](C)(C)C5(C)C)cc32)c1. The van der Waals surface area contributed by atoms with Crippen molar-refractivity contribution in [3.8, 4) is 39.6 Å². The number of hydrogen-bond donors (Lipinski definition) is 0. The second-order valence-corrected chi connectivity index (χ2v) is 23.2. The summed E-state index contributed by atoms with van der Waals surface area (Å²) >= 11 is 0. The topological polar surface area (TPSA) is 33.5 Å². The van der Waals surface area contributed by atoms with Crippen molar-refractivity contribution >= 4 is 41.3 Å². The zero-order valence-electron chi connectivity index (χ0n) is 35.0. The molecule has 6 aromatic carbocycles. The number of pyridine rings is 1. The van der Waals surface area contributed by atoms with Crippen molar-refractivity contribution in [3.63, 3.8) is 0 Å². The lowest BCUT2D eigenvalue weighted by atomic mass is 9.88. The molecule has 6 heteroatoms. The number of ether oxygens (including phenoxy) is 1. The highest BCUT2D eigenvalue weighted by Gasteiger charge is 2.53. The molecule has 0 amide bonds. The van der Waals surface area contributed by atoms with Crippen LogP contribution in [-0.2, 0) is 10.5 Å². The van der Waals surface area contributed by atoms with Crippen molar-refractivity contribution in [2.75, 3.05) is 16.5 Å². The van der Waals surface area contributed by atoms with Crippen LogP contribution in [0.5, 0.6) is 11.5 Å². The Morgan fingerprint density at radius 3 is 1.97 bits per heavy atom. The van der Waals surface area contributed by atoms with Gasteiger partial charge in [0.2, 0.25) is 0 Å². The van der Waals surface area contributed by atoms with E-state index in [1.54, 1.807) is 0 Å². The van der Waals surface area contributed by atoms with Crippen molar-refractivity contribution in [2.24, 2.45) is 0 Å². The number of anilines is 2. The molecule has 292 valence electrons. The quantitative estimate of drug-likeness (QED) is 0.157. The molecule has 0 unspecified atom stereocenters. The van der Waals surface area contributed by atoms with Gasteiger partial charge in [0.1, 0.15) is 25.4 Å². The summed E-state index contributed by atoms with van der Waals surface area (Å²) in [4.78, 5) is 9.97. The Balaban J connectivity index is 1.07. The van der Waals surface area contributed by atoms with E-state index < -0.39 is 8.07 Å². The van der Waals surface area contributed by atoms with E-state index in [0.717, 1.165) is 28.4 Å². The van der Waals surface area contributed by atoms with E-state index in [0.29, 0.717) is 6.67 Å². The summed E-state index contributed by atoms with van der Waals surface area (Å²) in [6.07, 6.45) is 4.40. The first-order valence-corrected chi connectivity index (χ1v) is 23.7. The number of hydrogen-bond acceptors (Lipinski definition) is 4. The number of aromatic nitrogens is 2. The molecule has 0 fully saturated rings. The highest BCUT2D eigenvalue weighted by molar-refractivity contribution is 6.87. The molecular formula is C53H50N4OSi. The van der Waals surface area contributed by atoms with Gasteiger partial charge in [-0.05, 0) is 69.1 Å². The lowest BCUT2D eigenvalue weighted by molar-refractivity contribution is 0.482. The van der Waals surface area contributed by atoms with Crippen LogP contribution in [0.3, 0.4) is 0 Å². The normalized spacial score (nSPS) is 15.6. The van der Waals surface area contributed by atoms with Crippen LogP contribution in [0.1, 0.15) is 45.7 Å². The van der Waals surface area contributed by atoms with Gasteiger partial charge in [0, 0.05) is 57.4 Å². The van der Waals surface area contributed by atoms with Gasteiger partial charge in [-0.2, -0.15) is 0 Å². The van der Waals surface area contributed by atoms with Gasteiger partial charge < -0.3 is 14.5 Å². The van der Waals surface area contributed by atoms with Crippen molar-refractivity contribution < 1.29 is 4.74 Å². The van der Waals surface area contributed by atoms with Gasteiger partial charge in [-0.25, -0.2) is 4.98 Å². The molecule has 2 aromatic heterocycles. The van der Waals surface area contributed by atoms with E-state index in [2.05, 4.69) is 220 Å². The second kappa shape index (κ2) is 13.6. The third-order valence-electron chi connectivity index (χ3n) is 13.2. The Hall–Kier alpha value is -6.37. The fourth-order valence-electron chi connectivity index (χ4n) is 9.27. The maximum atomic E-state index is 6.87. The smallest absolute Gasteiger partial charge is 0.137 e. The Morgan fingerprint density at radius 1 is 0.644 bits per heavy atom. The van der Waals surface area contributed by atoms with E-state index in [1.165, 1.54) is 60.8 Å². The fourth-order valence-corrected chi connectivity index (χ4v) is 12.1. The van der Waals surface area contributed by atoms with Crippen molar-refractivity contribution in [3.05, 3.63) is 181 Å². The van der Waals surface area contributed by atoms with Crippen molar-refractivity contribution in [1.82, 2.24) is 9.55 Å². The summed E-state index contributed by atoms with van der Waals surface area (Å²) in [5, 5.41) is 3.79. The lowest BCUT2D eigenvalue weighted by Gasteiger charge is -2.50. The Morgan fingerprint density at radius 2 is 1.27 bits per heavy atom. The first-order chi connectivity index (χ1) is 28.4. The van der Waals surface area contributed by atoms with Crippen molar-refractivity contribution in [1.29, 1.82) is 0 Å². The maximum Gasteiger partial charge on any atom is 0.137 e. The average Bonchev–Trinajstić information content (AvgIpc) is 3.84. The van der Waals surface area contributed by atoms with Gasteiger partial charge in [-0.3, -0.25) is 4.57 Å². The monoisotopic (exact) mass is 786 g/mol. The van der Waals surface area contributed by atoms with Gasteiger partial charge in [0.05, 0.1) is 23.4 Å². The van der Waals surface area contributed by atoms with E-state index in [1.807, 2.05) is 6.20 Å². The zero-order valence-corrected chi connectivity index (χ0v) is 36.0. The first kappa shape index (κ1) is 36.9. The summed E-state index contributed by atoms with van der Waals surface area (Å²) in [6, 6.07) is 54.5. The summed E-state index contributed by atoms with van der Waals surface area (Å²) in [6.45, 7) is 17.4. The number of nitrogens with zero attached hydrogens (tertiary/aromatic N) is 4. The standard InChI is InChI=1S/C53H50N4OSi/c1-52(2,3)38-29-30-54-49(31-38)57-46-24-15-14-21-43(46)44-27-25-39(32-47(44)57)58-40-26-28-45-48(33-40)56-35-55(34-50(56)59(6,7)53(45,4)5)51-41(36-17-10-8-11-18-36)22-16-23-42(51)37-19-12-9-13-20-37/h8-34H,35H2,1-7H3. The van der Waals surface area contributed by atoms with Crippen LogP contribution < -0.4 is 14.5 Å². The predicted molar refractivity (Wildman–Crippen MR) is 250 cm³/mol. The molecule has 5 nitrogen and oxygen atoms in total. The molecule has 0 radical (unpaired) electrons. The second-order valence-electron chi connectivity index (χ2n) is 18.2. The molecule has 0 saturated carbocycles. The van der Waals surface area contributed by atoms with E-state index in [4.69, 9.17) is 9.72 Å². The van der Waals surface area contributed by atoms with Crippen LogP contribution >= 0.6 is 0 Å². The molecule has 2 aliphatic heterocycles. The number of para-hydroxylation sites is 2. The van der Waals surface area contributed by atoms with Gasteiger partial charge >= 0.3 is 0 Å². The number of fused-ring (bicyclic) bond motifs is 6. The maximum absolute atomic E-state index is 6.87. The zero-order chi connectivity index (χ0) is 40.7. The molecule has 0 spiro atoms. The van der Waals surface area contributed by atoms with Crippen LogP contribution in [0.15, 0.2) is 169 Å². The van der Waals surface area contributed by atoms with Crippen LogP contribution in [0.25, 0.3) is 49.9 Å². The van der Waals surface area contributed by atoms with E-state index in [9.17, 15) is 0 Å². The van der Waals surface area contributed by atoms with Crippen LogP contribution in [0, 0.1) is 0 Å². The van der Waals surface area contributed by atoms with Gasteiger partial charge in [-0.15, -0.1) is 0 Å². The summed E-state index contributed by atoms with van der Waals surface area (Å²) < 4.78 is 9.15. The lowest BCUT2D eigenvalue weighted by Crippen LogP contribution is -2.57. The summed E-state index contributed by atoms with van der Waals surface area (Å²) in [5.41, 5.74) is 12.2. The molecule has 4 heterocycles. The van der Waals surface area contributed by atoms with E-state index in [-0.39, 0.29) is 10.5 Å². The molecule has 0 aliphatic carbocycles. The first-order valence-electron chi connectivity index (χ1n) is 20.7. The van der Waals surface area contributed by atoms with E-state index >= 15 is 0 Å². The highest BCUT2D eigenvalue weighted by atomic mass is 28.3. The Labute approximate surface area is 348 Å². The number of rotatable bonds is 6. The molecule has 0 bridgehead atoms. The third kappa shape index (κ3) is 6.00. The molecule has 0 N–H and O–H groups in total. The molecular weight excluding hydrogens is 737 g/mol. The highest BCUT2D eigenvalue weighted by Crippen LogP contribution is 2.53. The molecule has 59 heavy (non-hydrogen) atoms. The Bertz CT molecular complexity index is 2880. The summed E-state index contributed by atoms with van der Waals surface area (Å²) in [5.74, 6) is 2.52. The fraction of sp³-hybridized carbons (Fsp3) is 0.189. The van der Waals surface area contributed by atoms with Crippen LogP contribution in [-0.4, -0.2) is 24.3 Å². The minimum Gasteiger partial charge on any atom is -0.457 e. The van der Waals surface area contributed by atoms with Gasteiger partial charge in [0.15, 0.2) is 0 Å². The summed E-state index contributed by atoms with van der Waals surface area (Å²) in [7, 11) is -2.06.